The van der Waals surface area contributed by atoms with Gasteiger partial charge in [0.1, 0.15) is 0 Å². The Hall–Kier alpha value is -1.36. The van der Waals surface area contributed by atoms with E-state index in [1.165, 1.54) is 18.5 Å². The average molecular weight is 305 g/mol. The molecule has 1 saturated heterocycles. The Morgan fingerprint density at radius 2 is 2.24 bits per heavy atom. The summed E-state index contributed by atoms with van der Waals surface area (Å²) in [6.45, 7) is 5.87. The Morgan fingerprint density at radius 3 is 3.05 bits per heavy atom. The molecule has 21 heavy (non-hydrogen) atoms. The summed E-state index contributed by atoms with van der Waals surface area (Å²) in [5, 5.41) is 4.25. The van der Waals surface area contributed by atoms with Gasteiger partial charge in [-0.05, 0) is 37.0 Å². The van der Waals surface area contributed by atoms with E-state index in [2.05, 4.69) is 23.2 Å². The average Bonchev–Trinajstić information content (AvgIpc) is 2.48. The van der Waals surface area contributed by atoms with Crippen LogP contribution in [0.2, 0.25) is 0 Å². The molecule has 2 aliphatic heterocycles. The molecule has 1 aromatic heterocycles. The number of thiocarbonyl (C=S) groups is 1. The molecule has 114 valence electrons. The molecule has 0 radical (unpaired) electrons. The van der Waals surface area contributed by atoms with E-state index in [9.17, 15) is 4.79 Å². The van der Waals surface area contributed by atoms with Gasteiger partial charge in [0.05, 0.1) is 0 Å². The molecule has 2 bridgehead atoms. The Kier molecular flexibility index (Phi) is 4.29. The molecule has 2 unspecified atom stereocenters. The van der Waals surface area contributed by atoms with E-state index in [-0.39, 0.29) is 5.56 Å². The Morgan fingerprint density at radius 1 is 1.38 bits per heavy atom. The number of unbranched alkanes of at least 4 members (excludes halogenated alkanes) is 1. The second kappa shape index (κ2) is 6.18. The molecule has 0 saturated carbocycles. The Balaban J connectivity index is 1.73. The third-order valence-corrected chi connectivity index (χ3v) is 4.98. The summed E-state index contributed by atoms with van der Waals surface area (Å²) in [7, 11) is 0. The van der Waals surface area contributed by atoms with Crippen LogP contribution in [0, 0.1) is 5.92 Å². The number of piperidine rings is 1. The van der Waals surface area contributed by atoms with Gasteiger partial charge in [0.25, 0.3) is 5.56 Å². The maximum absolute atomic E-state index is 12.0. The van der Waals surface area contributed by atoms with Crippen LogP contribution in [0.15, 0.2) is 23.0 Å². The van der Waals surface area contributed by atoms with Crippen molar-refractivity contribution in [2.45, 2.75) is 38.6 Å². The van der Waals surface area contributed by atoms with Crippen molar-refractivity contribution in [3.8, 4) is 0 Å². The molecule has 0 aliphatic carbocycles. The first-order valence-electron chi connectivity index (χ1n) is 7.91. The smallest absolute Gasteiger partial charge is 0.250 e. The van der Waals surface area contributed by atoms with Crippen LogP contribution in [0.5, 0.6) is 0 Å². The fourth-order valence-electron chi connectivity index (χ4n) is 3.55. The number of fused-ring (bicyclic) bond motifs is 4. The fraction of sp³-hybridized carbons (Fsp3) is 0.625. The molecule has 4 nitrogen and oxygen atoms in total. The number of hydrogen-bond donors (Lipinski definition) is 1. The number of nitrogens with one attached hydrogen (secondary N) is 1. The largest absolute Gasteiger partial charge is 0.363 e. The quantitative estimate of drug-likeness (QED) is 0.684. The van der Waals surface area contributed by atoms with Crippen molar-refractivity contribution in [3.63, 3.8) is 0 Å². The monoisotopic (exact) mass is 305 g/mol. The lowest BCUT2D eigenvalue weighted by Crippen LogP contribution is -2.51. The van der Waals surface area contributed by atoms with Crippen LogP contribution in [0.3, 0.4) is 0 Å². The lowest BCUT2D eigenvalue weighted by Gasteiger charge is -2.43. The molecular formula is C16H23N3OS. The highest BCUT2D eigenvalue weighted by atomic mass is 32.1. The van der Waals surface area contributed by atoms with E-state index >= 15 is 0 Å². The lowest BCUT2D eigenvalue weighted by atomic mass is 9.83. The predicted octanol–water partition coefficient (Wildman–Crippen LogP) is 1.94. The second-order valence-corrected chi connectivity index (χ2v) is 6.58. The maximum atomic E-state index is 12.0. The molecule has 0 aromatic carbocycles. The van der Waals surface area contributed by atoms with Crippen LogP contribution in [0.1, 0.15) is 37.8 Å². The zero-order chi connectivity index (χ0) is 14.8. The van der Waals surface area contributed by atoms with Crippen LogP contribution >= 0.6 is 12.2 Å². The predicted molar refractivity (Wildman–Crippen MR) is 88.6 cm³/mol. The SMILES string of the molecule is CCCCNC(=S)N1CC2CC(C1)c1cccc(=O)n1C2. The third kappa shape index (κ3) is 2.98. The van der Waals surface area contributed by atoms with Crippen LogP contribution in [-0.2, 0) is 6.54 Å². The Labute approximate surface area is 131 Å². The van der Waals surface area contributed by atoms with Gasteiger partial charge in [0, 0.05) is 43.9 Å². The van der Waals surface area contributed by atoms with Crippen LogP contribution in [0.25, 0.3) is 0 Å². The van der Waals surface area contributed by atoms with Crippen LogP contribution in [0.4, 0.5) is 0 Å². The van der Waals surface area contributed by atoms with Crippen LogP contribution < -0.4 is 10.9 Å². The first-order valence-corrected chi connectivity index (χ1v) is 8.32. The van der Waals surface area contributed by atoms with Crippen molar-refractivity contribution < 1.29 is 0 Å². The minimum absolute atomic E-state index is 0.138. The van der Waals surface area contributed by atoms with Gasteiger partial charge in [-0.2, -0.15) is 0 Å². The molecule has 3 heterocycles. The van der Waals surface area contributed by atoms with E-state index in [0.29, 0.717) is 11.8 Å². The molecule has 3 rings (SSSR count). The van der Waals surface area contributed by atoms with Gasteiger partial charge in [-0.1, -0.05) is 19.4 Å². The molecule has 1 N–H and O–H groups in total. The summed E-state index contributed by atoms with van der Waals surface area (Å²) >= 11 is 5.54. The van der Waals surface area contributed by atoms with Gasteiger partial charge in [-0.25, -0.2) is 0 Å². The van der Waals surface area contributed by atoms with Crippen molar-refractivity contribution in [2.24, 2.45) is 5.92 Å². The highest BCUT2D eigenvalue weighted by molar-refractivity contribution is 7.80. The summed E-state index contributed by atoms with van der Waals surface area (Å²) in [5.41, 5.74) is 1.32. The van der Waals surface area contributed by atoms with Crippen LogP contribution in [-0.4, -0.2) is 34.2 Å². The highest BCUT2D eigenvalue weighted by Crippen LogP contribution is 2.34. The normalized spacial score (nSPS) is 23.6. The molecule has 0 amide bonds. The van der Waals surface area contributed by atoms with Gasteiger partial charge in [-0.15, -0.1) is 0 Å². The molecule has 2 atom stereocenters. The first kappa shape index (κ1) is 14.6. The molecular weight excluding hydrogens is 282 g/mol. The molecule has 2 aliphatic rings. The van der Waals surface area contributed by atoms with Gasteiger partial charge in [0.15, 0.2) is 5.11 Å². The minimum atomic E-state index is 0.138. The summed E-state index contributed by atoms with van der Waals surface area (Å²) in [6, 6.07) is 5.64. The van der Waals surface area contributed by atoms with Gasteiger partial charge >= 0.3 is 0 Å². The summed E-state index contributed by atoms with van der Waals surface area (Å²) < 4.78 is 1.96. The second-order valence-electron chi connectivity index (χ2n) is 6.19. The highest BCUT2D eigenvalue weighted by Gasteiger charge is 2.35. The number of nitrogens with zero attached hydrogens (tertiary/aromatic N) is 2. The summed E-state index contributed by atoms with van der Waals surface area (Å²) in [6.07, 6.45) is 3.51. The maximum Gasteiger partial charge on any atom is 0.250 e. The molecule has 1 aromatic rings. The van der Waals surface area contributed by atoms with Crippen molar-refractivity contribution in [1.29, 1.82) is 0 Å². The minimum Gasteiger partial charge on any atom is -0.363 e. The van der Waals surface area contributed by atoms with Gasteiger partial charge in [0.2, 0.25) is 0 Å². The zero-order valence-corrected chi connectivity index (χ0v) is 13.4. The first-order chi connectivity index (χ1) is 10.2. The van der Waals surface area contributed by atoms with E-state index in [4.69, 9.17) is 12.2 Å². The number of rotatable bonds is 3. The number of aromatic nitrogens is 1. The summed E-state index contributed by atoms with van der Waals surface area (Å²) in [4.78, 5) is 14.3. The van der Waals surface area contributed by atoms with Gasteiger partial charge < -0.3 is 14.8 Å². The zero-order valence-electron chi connectivity index (χ0n) is 12.5. The molecule has 0 spiro atoms. The van der Waals surface area contributed by atoms with Crippen molar-refractivity contribution in [3.05, 3.63) is 34.2 Å². The van der Waals surface area contributed by atoms with E-state index < -0.39 is 0 Å². The van der Waals surface area contributed by atoms with Crippen molar-refractivity contribution in [2.75, 3.05) is 19.6 Å². The summed E-state index contributed by atoms with van der Waals surface area (Å²) in [5.74, 6) is 0.958. The van der Waals surface area contributed by atoms with Gasteiger partial charge in [-0.3, -0.25) is 4.79 Å². The van der Waals surface area contributed by atoms with E-state index in [1.807, 2.05) is 10.6 Å². The standard InChI is InChI=1S/C16H23N3OS/c1-2-3-7-17-16(21)18-9-12-8-13(11-18)14-5-4-6-15(20)19(14)10-12/h4-6,12-13H,2-3,7-11H2,1H3,(H,17,21). The van der Waals surface area contributed by atoms with E-state index in [1.54, 1.807) is 6.07 Å². The number of hydrogen-bond acceptors (Lipinski definition) is 2. The van der Waals surface area contributed by atoms with E-state index in [0.717, 1.165) is 37.7 Å². The molecule has 1 fully saturated rings. The lowest BCUT2D eigenvalue weighted by molar-refractivity contribution is 0.177. The topological polar surface area (TPSA) is 37.3 Å². The number of likely N-dealkylation sites (tertiary alicyclic amines) is 1. The fourth-order valence-corrected chi connectivity index (χ4v) is 3.80. The van der Waals surface area contributed by atoms with Crippen molar-refractivity contribution >= 4 is 17.3 Å². The van der Waals surface area contributed by atoms with Crippen molar-refractivity contribution in [1.82, 2.24) is 14.8 Å². The number of pyridine rings is 1. The third-order valence-electron chi connectivity index (χ3n) is 4.57. The molecule has 5 heteroatoms. The Bertz CT molecular complexity index is 583.